The van der Waals surface area contributed by atoms with Crippen LogP contribution in [0.3, 0.4) is 0 Å². The van der Waals surface area contributed by atoms with E-state index in [0.717, 1.165) is 36.1 Å². The van der Waals surface area contributed by atoms with Gasteiger partial charge in [0.25, 0.3) is 0 Å². The summed E-state index contributed by atoms with van der Waals surface area (Å²) in [5.74, 6) is 0. The molecule has 2 heterocycles. The van der Waals surface area contributed by atoms with Crippen molar-refractivity contribution in [2.45, 2.75) is 26.0 Å². The summed E-state index contributed by atoms with van der Waals surface area (Å²) in [6.07, 6.45) is 1.98. The number of nitrogens with zero attached hydrogens (tertiary/aromatic N) is 2. The van der Waals surface area contributed by atoms with Crippen LogP contribution in [0.4, 0.5) is 16.2 Å². The number of carbonyl (C=O) groups is 1. The number of hydrogen-bond acceptors (Lipinski definition) is 5. The van der Waals surface area contributed by atoms with Gasteiger partial charge in [-0.2, -0.15) is 0 Å². The molecule has 7 heteroatoms. The predicted molar refractivity (Wildman–Crippen MR) is 96.8 cm³/mol. The quantitative estimate of drug-likeness (QED) is 0.892. The van der Waals surface area contributed by atoms with Crippen LogP contribution >= 0.6 is 11.3 Å². The molecular weight excluding hydrogens is 324 g/mol. The average molecular weight is 346 g/mol. The molecule has 24 heavy (non-hydrogen) atoms. The molecule has 1 aromatic carbocycles. The minimum Gasteiger partial charge on any atom is -0.375 e. The second kappa shape index (κ2) is 7.63. The zero-order valence-electron chi connectivity index (χ0n) is 13.9. The van der Waals surface area contributed by atoms with Crippen LogP contribution in [0.5, 0.6) is 0 Å². The van der Waals surface area contributed by atoms with Crippen molar-refractivity contribution in [3.05, 3.63) is 40.8 Å². The molecule has 0 aliphatic carbocycles. The van der Waals surface area contributed by atoms with Crippen LogP contribution in [-0.4, -0.2) is 36.8 Å². The number of anilines is 2. The molecule has 0 saturated carbocycles. The van der Waals surface area contributed by atoms with Gasteiger partial charge in [0.1, 0.15) is 5.01 Å². The van der Waals surface area contributed by atoms with Crippen LogP contribution < -0.4 is 15.5 Å². The third-order valence-corrected chi connectivity index (χ3v) is 4.86. The first-order chi connectivity index (χ1) is 11.6. The second-order valence-corrected chi connectivity index (χ2v) is 6.79. The Hall–Kier alpha value is -2.12. The van der Waals surface area contributed by atoms with Gasteiger partial charge in [-0.05, 0) is 38.1 Å². The van der Waals surface area contributed by atoms with Crippen molar-refractivity contribution in [3.63, 3.8) is 0 Å². The van der Waals surface area contributed by atoms with Crippen LogP contribution in [0.25, 0.3) is 0 Å². The van der Waals surface area contributed by atoms with E-state index in [-0.39, 0.29) is 18.2 Å². The van der Waals surface area contributed by atoms with Crippen LogP contribution in [0.15, 0.2) is 35.8 Å². The highest BCUT2D eigenvalue weighted by Crippen LogP contribution is 2.21. The first-order valence-electron chi connectivity index (χ1n) is 8.05. The number of hydrogen-bond donors (Lipinski definition) is 2. The molecule has 0 spiro atoms. The molecule has 6 nitrogen and oxygen atoms in total. The van der Waals surface area contributed by atoms with Crippen LogP contribution in [0.2, 0.25) is 0 Å². The van der Waals surface area contributed by atoms with E-state index < -0.39 is 0 Å². The Morgan fingerprint density at radius 1 is 1.42 bits per heavy atom. The number of carbonyl (C=O) groups excluding carboxylic acids is 1. The van der Waals surface area contributed by atoms with Crippen molar-refractivity contribution in [1.29, 1.82) is 0 Å². The molecule has 1 fully saturated rings. The standard InChI is InChI=1S/C17H22N4O2S/c1-12-11-21(8-9-23-12)15-5-3-14(4-6-15)20-17(22)19-13(2)16-18-7-10-24-16/h3-7,10,12-13H,8-9,11H2,1-2H3,(H2,19,20,22)/t12-,13-/m1/s1. The summed E-state index contributed by atoms with van der Waals surface area (Å²) in [5, 5.41) is 8.53. The maximum absolute atomic E-state index is 12.1. The smallest absolute Gasteiger partial charge is 0.319 e. The summed E-state index contributed by atoms with van der Waals surface area (Å²) in [6, 6.07) is 7.55. The maximum Gasteiger partial charge on any atom is 0.319 e. The third-order valence-electron chi connectivity index (χ3n) is 3.90. The fourth-order valence-corrected chi connectivity index (χ4v) is 3.33. The number of morpholine rings is 1. The minimum absolute atomic E-state index is 0.112. The lowest BCUT2D eigenvalue weighted by Gasteiger charge is -2.33. The zero-order valence-corrected chi connectivity index (χ0v) is 14.7. The average Bonchev–Trinajstić information content (AvgIpc) is 3.10. The second-order valence-electron chi connectivity index (χ2n) is 5.86. The highest BCUT2D eigenvalue weighted by molar-refractivity contribution is 7.09. The molecule has 2 atom stereocenters. The Labute approximate surface area is 145 Å². The molecule has 0 bridgehead atoms. The summed E-state index contributed by atoms with van der Waals surface area (Å²) in [6.45, 7) is 6.52. The van der Waals surface area contributed by atoms with Gasteiger partial charge in [-0.15, -0.1) is 11.3 Å². The summed E-state index contributed by atoms with van der Waals surface area (Å²) in [7, 11) is 0. The molecule has 1 aliphatic heterocycles. The van der Waals surface area contributed by atoms with Gasteiger partial charge in [-0.25, -0.2) is 9.78 Å². The van der Waals surface area contributed by atoms with E-state index in [0.29, 0.717) is 0 Å². The molecule has 2 amide bonds. The van der Waals surface area contributed by atoms with E-state index in [2.05, 4.69) is 27.4 Å². The van der Waals surface area contributed by atoms with E-state index in [1.165, 1.54) is 11.3 Å². The number of amides is 2. The summed E-state index contributed by atoms with van der Waals surface area (Å²) in [4.78, 5) is 18.6. The highest BCUT2D eigenvalue weighted by Gasteiger charge is 2.17. The van der Waals surface area contributed by atoms with Gasteiger partial charge in [0.2, 0.25) is 0 Å². The Morgan fingerprint density at radius 2 is 2.21 bits per heavy atom. The van der Waals surface area contributed by atoms with Crippen molar-refractivity contribution >= 4 is 28.7 Å². The van der Waals surface area contributed by atoms with E-state index in [1.54, 1.807) is 6.20 Å². The molecule has 2 N–H and O–H groups in total. The highest BCUT2D eigenvalue weighted by atomic mass is 32.1. The Morgan fingerprint density at radius 3 is 2.88 bits per heavy atom. The van der Waals surface area contributed by atoms with Crippen molar-refractivity contribution < 1.29 is 9.53 Å². The Balaban J connectivity index is 1.54. The summed E-state index contributed by atoms with van der Waals surface area (Å²) in [5.41, 5.74) is 1.91. The molecule has 2 aromatic rings. The maximum atomic E-state index is 12.1. The van der Waals surface area contributed by atoms with Crippen molar-refractivity contribution in [2.75, 3.05) is 29.9 Å². The molecule has 0 unspecified atom stereocenters. The number of thiazole rings is 1. The number of rotatable bonds is 4. The molecule has 3 rings (SSSR count). The van der Waals surface area contributed by atoms with E-state index in [9.17, 15) is 4.79 Å². The van der Waals surface area contributed by atoms with Gasteiger partial charge < -0.3 is 20.3 Å². The summed E-state index contributed by atoms with van der Waals surface area (Å²) < 4.78 is 5.56. The van der Waals surface area contributed by atoms with Crippen LogP contribution in [-0.2, 0) is 4.74 Å². The normalized spacial score (nSPS) is 18.9. The SMILES string of the molecule is C[C@@H]1CN(c2ccc(NC(=O)N[C@H](C)c3nccs3)cc2)CCO1. The van der Waals surface area contributed by atoms with Crippen molar-refractivity contribution in [1.82, 2.24) is 10.3 Å². The lowest BCUT2D eigenvalue weighted by molar-refractivity contribution is 0.0532. The number of nitrogens with one attached hydrogen (secondary N) is 2. The van der Waals surface area contributed by atoms with Gasteiger partial charge in [-0.3, -0.25) is 0 Å². The van der Waals surface area contributed by atoms with Crippen LogP contribution in [0.1, 0.15) is 24.9 Å². The zero-order chi connectivity index (χ0) is 16.9. The fraction of sp³-hybridized carbons (Fsp3) is 0.412. The first-order valence-corrected chi connectivity index (χ1v) is 8.93. The largest absolute Gasteiger partial charge is 0.375 e. The Bertz CT molecular complexity index is 660. The van der Waals surface area contributed by atoms with Gasteiger partial charge in [-0.1, -0.05) is 0 Å². The fourth-order valence-electron chi connectivity index (χ4n) is 2.68. The van der Waals surface area contributed by atoms with Crippen molar-refractivity contribution in [2.24, 2.45) is 0 Å². The molecule has 128 valence electrons. The number of urea groups is 1. The first kappa shape index (κ1) is 16.7. The van der Waals surface area contributed by atoms with Gasteiger partial charge in [0, 0.05) is 36.0 Å². The monoisotopic (exact) mass is 346 g/mol. The van der Waals surface area contributed by atoms with Crippen LogP contribution in [0, 0.1) is 0 Å². The number of benzene rings is 1. The lowest BCUT2D eigenvalue weighted by Crippen LogP contribution is -2.41. The van der Waals surface area contributed by atoms with E-state index in [1.807, 2.05) is 36.6 Å². The van der Waals surface area contributed by atoms with E-state index in [4.69, 9.17) is 4.74 Å². The Kier molecular flexibility index (Phi) is 5.32. The third kappa shape index (κ3) is 4.24. The molecular formula is C17H22N4O2S. The predicted octanol–water partition coefficient (Wildman–Crippen LogP) is 3.25. The number of ether oxygens (including phenoxy) is 1. The summed E-state index contributed by atoms with van der Waals surface area (Å²) >= 11 is 1.53. The van der Waals surface area contributed by atoms with Gasteiger partial charge in [0.15, 0.2) is 0 Å². The molecule has 1 aromatic heterocycles. The van der Waals surface area contributed by atoms with Gasteiger partial charge in [0.05, 0.1) is 18.8 Å². The van der Waals surface area contributed by atoms with E-state index >= 15 is 0 Å². The van der Waals surface area contributed by atoms with Gasteiger partial charge >= 0.3 is 6.03 Å². The lowest BCUT2D eigenvalue weighted by atomic mass is 10.2. The number of aromatic nitrogens is 1. The van der Waals surface area contributed by atoms with Crippen molar-refractivity contribution in [3.8, 4) is 0 Å². The molecule has 0 radical (unpaired) electrons. The molecule has 1 saturated heterocycles. The minimum atomic E-state index is -0.231. The molecule has 1 aliphatic rings. The topological polar surface area (TPSA) is 66.5 Å².